The van der Waals surface area contributed by atoms with Crippen molar-refractivity contribution in [2.75, 3.05) is 6.26 Å². The molecule has 0 amide bonds. The van der Waals surface area contributed by atoms with Crippen LogP contribution < -0.4 is 0 Å². The number of aromatic nitrogens is 3. The van der Waals surface area contributed by atoms with E-state index < -0.39 is 14.6 Å². The second-order valence-electron chi connectivity index (χ2n) is 4.56. The fourth-order valence-corrected chi connectivity index (χ4v) is 2.00. The van der Waals surface area contributed by atoms with E-state index in [4.69, 9.17) is 5.26 Å². The number of rotatable bonds is 2. The molecule has 0 atom stereocenters. The van der Waals surface area contributed by atoms with Crippen LogP contribution in [0.25, 0.3) is 5.65 Å². The molecule has 6 nitrogen and oxygen atoms in total. The van der Waals surface area contributed by atoms with Gasteiger partial charge in [0.05, 0.1) is 5.56 Å². The zero-order chi connectivity index (χ0) is 13.6. The number of pyridine rings is 1. The van der Waals surface area contributed by atoms with Gasteiger partial charge in [-0.15, -0.1) is 10.2 Å². The van der Waals surface area contributed by atoms with Gasteiger partial charge in [0, 0.05) is 12.5 Å². The summed E-state index contributed by atoms with van der Waals surface area (Å²) in [5.41, 5.74) is 0.938. The minimum absolute atomic E-state index is 0.303. The molecule has 0 aliphatic heterocycles. The van der Waals surface area contributed by atoms with Gasteiger partial charge in [-0.25, -0.2) is 8.42 Å². The molecule has 0 saturated heterocycles. The molecule has 7 heteroatoms. The lowest BCUT2D eigenvalue weighted by molar-refractivity contribution is 0.547. The molecule has 2 heterocycles. The summed E-state index contributed by atoms with van der Waals surface area (Å²) in [6, 6.07) is 5.25. The van der Waals surface area contributed by atoms with Gasteiger partial charge in [0.1, 0.15) is 10.8 Å². The van der Waals surface area contributed by atoms with Crippen LogP contribution in [0.15, 0.2) is 18.3 Å². The third-order valence-electron chi connectivity index (χ3n) is 3.00. The minimum Gasteiger partial charge on any atom is -0.284 e. The van der Waals surface area contributed by atoms with Gasteiger partial charge in [-0.05, 0) is 26.0 Å². The molecular formula is C11H12N4O2S. The Hall–Kier alpha value is -1.94. The quantitative estimate of drug-likeness (QED) is 0.803. The van der Waals surface area contributed by atoms with Crippen LogP contribution in [-0.4, -0.2) is 29.3 Å². The van der Waals surface area contributed by atoms with E-state index in [-0.39, 0.29) is 0 Å². The van der Waals surface area contributed by atoms with Crippen molar-refractivity contribution in [3.63, 3.8) is 0 Å². The first kappa shape index (κ1) is 12.5. The molecule has 0 spiro atoms. The Labute approximate surface area is 105 Å². The van der Waals surface area contributed by atoms with Crippen molar-refractivity contribution in [3.05, 3.63) is 29.7 Å². The molecule has 0 fully saturated rings. The number of fused-ring (bicyclic) bond motifs is 1. The molecular weight excluding hydrogens is 252 g/mol. The molecule has 0 aliphatic carbocycles. The number of nitriles is 1. The van der Waals surface area contributed by atoms with E-state index in [1.807, 2.05) is 6.07 Å². The standard InChI is InChI=1S/C11H12N4O2S/c1-11(2,18(3,16)17)10-14-13-9-5-4-8(6-12)7-15(9)10/h4-5,7H,1-3H3. The first-order valence-corrected chi connectivity index (χ1v) is 7.11. The fraction of sp³-hybridized carbons (Fsp3) is 0.364. The summed E-state index contributed by atoms with van der Waals surface area (Å²) in [6.45, 7) is 3.13. The molecule has 0 N–H and O–H groups in total. The maximum atomic E-state index is 11.8. The normalized spacial score (nSPS) is 12.6. The molecule has 0 aliphatic rings. The van der Waals surface area contributed by atoms with Crippen molar-refractivity contribution in [2.45, 2.75) is 18.6 Å². The van der Waals surface area contributed by atoms with E-state index in [1.165, 1.54) is 6.20 Å². The number of sulfone groups is 1. The lowest BCUT2D eigenvalue weighted by Crippen LogP contribution is -2.30. The SMILES string of the molecule is CC(C)(c1nnc2ccc(C#N)cn12)S(C)(=O)=O. The lowest BCUT2D eigenvalue weighted by atomic mass is 10.2. The van der Waals surface area contributed by atoms with Gasteiger partial charge in [-0.3, -0.25) is 4.40 Å². The van der Waals surface area contributed by atoms with Crippen LogP contribution in [-0.2, 0) is 14.6 Å². The average molecular weight is 264 g/mol. The first-order chi connectivity index (χ1) is 8.27. The third-order valence-corrected chi connectivity index (χ3v) is 5.03. The van der Waals surface area contributed by atoms with Crippen LogP contribution in [0.1, 0.15) is 25.2 Å². The summed E-state index contributed by atoms with van der Waals surface area (Å²) >= 11 is 0. The predicted molar refractivity (Wildman–Crippen MR) is 65.6 cm³/mol. The minimum atomic E-state index is -3.34. The van der Waals surface area contributed by atoms with Crippen molar-refractivity contribution in [1.82, 2.24) is 14.6 Å². The van der Waals surface area contributed by atoms with Gasteiger partial charge in [-0.1, -0.05) is 0 Å². The Morgan fingerprint density at radius 2 is 2.00 bits per heavy atom. The topological polar surface area (TPSA) is 88.1 Å². The maximum absolute atomic E-state index is 11.8. The maximum Gasteiger partial charge on any atom is 0.160 e. The van der Waals surface area contributed by atoms with Gasteiger partial charge < -0.3 is 0 Å². The summed E-state index contributed by atoms with van der Waals surface area (Å²) in [5, 5.41) is 16.7. The summed E-state index contributed by atoms with van der Waals surface area (Å²) in [4.78, 5) is 0. The van der Waals surface area contributed by atoms with Crippen molar-refractivity contribution >= 4 is 15.5 Å². The Morgan fingerprint density at radius 3 is 2.56 bits per heavy atom. The van der Waals surface area contributed by atoms with Crippen LogP contribution in [0.2, 0.25) is 0 Å². The molecule has 94 valence electrons. The molecule has 0 aromatic carbocycles. The molecule has 18 heavy (non-hydrogen) atoms. The summed E-state index contributed by atoms with van der Waals surface area (Å²) in [7, 11) is -3.34. The second kappa shape index (κ2) is 3.78. The summed E-state index contributed by atoms with van der Waals surface area (Å²) in [6.07, 6.45) is 2.69. The highest BCUT2D eigenvalue weighted by Crippen LogP contribution is 2.27. The van der Waals surface area contributed by atoms with E-state index in [0.717, 1.165) is 6.26 Å². The Balaban J connectivity index is 2.78. The van der Waals surface area contributed by atoms with Gasteiger partial charge in [0.15, 0.2) is 21.3 Å². The van der Waals surface area contributed by atoms with E-state index >= 15 is 0 Å². The zero-order valence-electron chi connectivity index (χ0n) is 10.2. The number of hydrogen-bond donors (Lipinski definition) is 0. The van der Waals surface area contributed by atoms with Crippen molar-refractivity contribution in [3.8, 4) is 6.07 Å². The number of hydrogen-bond acceptors (Lipinski definition) is 5. The van der Waals surface area contributed by atoms with Gasteiger partial charge in [0.25, 0.3) is 0 Å². The Kier molecular flexibility index (Phi) is 2.63. The second-order valence-corrected chi connectivity index (χ2v) is 7.13. The highest BCUT2D eigenvalue weighted by atomic mass is 32.2. The fourth-order valence-electron chi connectivity index (χ4n) is 1.53. The van der Waals surface area contributed by atoms with E-state index in [0.29, 0.717) is 17.0 Å². The Bertz CT molecular complexity index is 753. The molecule has 0 saturated carbocycles. The van der Waals surface area contributed by atoms with Crippen molar-refractivity contribution in [1.29, 1.82) is 5.26 Å². The lowest BCUT2D eigenvalue weighted by Gasteiger charge is -2.20. The third kappa shape index (κ3) is 1.75. The Morgan fingerprint density at radius 1 is 1.33 bits per heavy atom. The largest absolute Gasteiger partial charge is 0.284 e. The van der Waals surface area contributed by atoms with Gasteiger partial charge >= 0.3 is 0 Å². The van der Waals surface area contributed by atoms with Gasteiger partial charge in [-0.2, -0.15) is 5.26 Å². The highest BCUT2D eigenvalue weighted by Gasteiger charge is 2.37. The van der Waals surface area contributed by atoms with Crippen LogP contribution in [0.4, 0.5) is 0 Å². The van der Waals surface area contributed by atoms with Crippen LogP contribution in [0.5, 0.6) is 0 Å². The molecule has 0 bridgehead atoms. The smallest absolute Gasteiger partial charge is 0.160 e. The van der Waals surface area contributed by atoms with E-state index in [1.54, 1.807) is 30.4 Å². The van der Waals surface area contributed by atoms with Crippen molar-refractivity contribution < 1.29 is 8.42 Å². The van der Waals surface area contributed by atoms with E-state index in [9.17, 15) is 8.42 Å². The predicted octanol–water partition coefficient (Wildman–Crippen LogP) is 0.881. The monoisotopic (exact) mass is 264 g/mol. The van der Waals surface area contributed by atoms with Crippen LogP contribution >= 0.6 is 0 Å². The zero-order valence-corrected chi connectivity index (χ0v) is 11.1. The summed E-state index contributed by atoms with van der Waals surface area (Å²) < 4.78 is 24.0. The van der Waals surface area contributed by atoms with Crippen LogP contribution in [0, 0.1) is 11.3 Å². The first-order valence-electron chi connectivity index (χ1n) is 5.22. The van der Waals surface area contributed by atoms with Crippen LogP contribution in [0.3, 0.4) is 0 Å². The van der Waals surface area contributed by atoms with Crippen molar-refractivity contribution in [2.24, 2.45) is 0 Å². The average Bonchev–Trinajstić information content (AvgIpc) is 2.70. The molecule has 2 aromatic rings. The van der Waals surface area contributed by atoms with E-state index in [2.05, 4.69) is 10.2 Å². The summed E-state index contributed by atoms with van der Waals surface area (Å²) in [5.74, 6) is 0.303. The molecule has 2 aromatic heterocycles. The number of nitrogens with zero attached hydrogens (tertiary/aromatic N) is 4. The molecule has 2 rings (SSSR count). The molecule has 0 unspecified atom stereocenters. The highest BCUT2D eigenvalue weighted by molar-refractivity contribution is 7.91. The van der Waals surface area contributed by atoms with Gasteiger partial charge in [0.2, 0.25) is 0 Å². The molecule has 0 radical (unpaired) electrons.